The predicted molar refractivity (Wildman–Crippen MR) is 53.1 cm³/mol. The number of nitrogens with two attached hydrogens (primary N) is 1. The lowest BCUT2D eigenvalue weighted by molar-refractivity contribution is 0.699. The van der Waals surface area contributed by atoms with Crippen molar-refractivity contribution in [3.8, 4) is 0 Å². The van der Waals surface area contributed by atoms with Crippen molar-refractivity contribution in [2.75, 3.05) is 5.43 Å². The minimum absolute atomic E-state index is 0.610. The summed E-state index contributed by atoms with van der Waals surface area (Å²) in [6.07, 6.45) is 4.67. The highest BCUT2D eigenvalue weighted by Gasteiger charge is 1.95. The topological polar surface area (TPSA) is 63.8 Å². The van der Waals surface area contributed by atoms with Gasteiger partial charge in [0.2, 0.25) is 0 Å². The fraction of sp³-hybridized carbons (Fsp3) is 0.556. The molecule has 1 heterocycles. The number of nitrogen functional groups attached to an aromatic ring is 1. The Bertz CT molecular complexity index is 232. The molecule has 4 nitrogen and oxygen atoms in total. The van der Waals surface area contributed by atoms with E-state index in [4.69, 9.17) is 5.84 Å². The molecule has 1 aromatic rings. The first-order valence-electron chi connectivity index (χ1n) is 4.66. The molecule has 0 radical (unpaired) electrons. The molecule has 0 bridgehead atoms. The van der Waals surface area contributed by atoms with Crippen LogP contribution in [0.3, 0.4) is 0 Å². The summed E-state index contributed by atoms with van der Waals surface area (Å²) in [6, 6.07) is 3.80. The zero-order chi connectivity index (χ0) is 9.52. The van der Waals surface area contributed by atoms with Crippen LogP contribution in [0.5, 0.6) is 0 Å². The molecule has 0 aromatic carbocycles. The van der Waals surface area contributed by atoms with Gasteiger partial charge in [-0.25, -0.2) is 5.84 Å². The van der Waals surface area contributed by atoms with Gasteiger partial charge in [-0.2, -0.15) is 5.10 Å². The number of nitrogens with zero attached hydrogens (tertiary/aromatic N) is 2. The quantitative estimate of drug-likeness (QED) is 0.409. The maximum absolute atomic E-state index is 5.17. The number of anilines is 1. The van der Waals surface area contributed by atoms with Gasteiger partial charge in [-0.1, -0.05) is 19.8 Å². The first-order chi connectivity index (χ1) is 6.36. The molecule has 0 aliphatic heterocycles. The molecule has 0 saturated heterocycles. The highest BCUT2D eigenvalue weighted by molar-refractivity contribution is 5.30. The van der Waals surface area contributed by atoms with E-state index in [-0.39, 0.29) is 0 Å². The van der Waals surface area contributed by atoms with Crippen LogP contribution in [-0.4, -0.2) is 10.2 Å². The van der Waals surface area contributed by atoms with Gasteiger partial charge in [-0.3, -0.25) is 0 Å². The lowest BCUT2D eigenvalue weighted by atomic mass is 10.1. The third-order valence-corrected chi connectivity index (χ3v) is 1.90. The molecule has 0 saturated carbocycles. The van der Waals surface area contributed by atoms with E-state index < -0.39 is 0 Å². The number of hydrogen-bond donors (Lipinski definition) is 2. The van der Waals surface area contributed by atoms with Crippen molar-refractivity contribution in [2.45, 2.75) is 32.6 Å². The van der Waals surface area contributed by atoms with E-state index in [1.54, 1.807) is 0 Å². The summed E-state index contributed by atoms with van der Waals surface area (Å²) in [7, 11) is 0. The maximum atomic E-state index is 5.17. The lowest BCUT2D eigenvalue weighted by Gasteiger charge is -2.00. The molecular weight excluding hydrogens is 164 g/mol. The smallest absolute Gasteiger partial charge is 0.162 e. The van der Waals surface area contributed by atoms with Gasteiger partial charge < -0.3 is 5.43 Å². The Labute approximate surface area is 78.5 Å². The van der Waals surface area contributed by atoms with E-state index in [9.17, 15) is 0 Å². The van der Waals surface area contributed by atoms with Gasteiger partial charge in [-0.05, 0) is 25.0 Å². The van der Waals surface area contributed by atoms with E-state index in [0.29, 0.717) is 5.82 Å². The third-order valence-electron chi connectivity index (χ3n) is 1.90. The molecule has 13 heavy (non-hydrogen) atoms. The largest absolute Gasteiger partial charge is 0.307 e. The van der Waals surface area contributed by atoms with Crippen molar-refractivity contribution in [1.29, 1.82) is 0 Å². The SMILES string of the molecule is CCCCCc1ccc(NN)nn1. The molecule has 1 aromatic heterocycles. The Morgan fingerprint density at radius 1 is 1.31 bits per heavy atom. The van der Waals surface area contributed by atoms with Crippen molar-refractivity contribution in [2.24, 2.45) is 5.84 Å². The lowest BCUT2D eigenvalue weighted by Crippen LogP contribution is -2.09. The van der Waals surface area contributed by atoms with Crippen LogP contribution in [0.2, 0.25) is 0 Å². The second kappa shape index (κ2) is 5.48. The molecule has 1 rings (SSSR count). The fourth-order valence-electron chi connectivity index (χ4n) is 1.13. The number of aromatic nitrogens is 2. The van der Waals surface area contributed by atoms with Gasteiger partial charge in [0.25, 0.3) is 0 Å². The Morgan fingerprint density at radius 3 is 2.69 bits per heavy atom. The average molecular weight is 180 g/mol. The van der Waals surface area contributed by atoms with Gasteiger partial charge >= 0.3 is 0 Å². The van der Waals surface area contributed by atoms with Crippen LogP contribution in [0, 0.1) is 0 Å². The fourth-order valence-corrected chi connectivity index (χ4v) is 1.13. The Hall–Kier alpha value is -1.16. The van der Waals surface area contributed by atoms with Gasteiger partial charge in [0.1, 0.15) is 0 Å². The van der Waals surface area contributed by atoms with Crippen molar-refractivity contribution in [3.05, 3.63) is 17.8 Å². The zero-order valence-electron chi connectivity index (χ0n) is 7.95. The van der Waals surface area contributed by atoms with Gasteiger partial charge in [0, 0.05) is 0 Å². The predicted octanol–water partition coefficient (Wildman–Crippen LogP) is 1.49. The van der Waals surface area contributed by atoms with Crippen LogP contribution in [0.15, 0.2) is 12.1 Å². The van der Waals surface area contributed by atoms with Gasteiger partial charge in [0.05, 0.1) is 5.69 Å². The summed E-state index contributed by atoms with van der Waals surface area (Å²) in [6.45, 7) is 2.19. The molecule has 4 heteroatoms. The number of rotatable bonds is 5. The molecule has 0 aliphatic rings. The van der Waals surface area contributed by atoms with Crippen molar-refractivity contribution >= 4 is 5.82 Å². The monoisotopic (exact) mass is 180 g/mol. The molecule has 0 spiro atoms. The van der Waals surface area contributed by atoms with Crippen LogP contribution in [-0.2, 0) is 6.42 Å². The average Bonchev–Trinajstić information content (AvgIpc) is 2.19. The maximum Gasteiger partial charge on any atom is 0.162 e. The van der Waals surface area contributed by atoms with Crippen molar-refractivity contribution in [1.82, 2.24) is 10.2 Å². The van der Waals surface area contributed by atoms with E-state index in [0.717, 1.165) is 12.1 Å². The van der Waals surface area contributed by atoms with E-state index in [1.807, 2.05) is 12.1 Å². The summed E-state index contributed by atoms with van der Waals surface area (Å²) in [5.41, 5.74) is 3.48. The van der Waals surface area contributed by atoms with E-state index in [2.05, 4.69) is 22.5 Å². The molecule has 0 fully saturated rings. The minimum Gasteiger partial charge on any atom is -0.307 e. The first-order valence-corrected chi connectivity index (χ1v) is 4.66. The van der Waals surface area contributed by atoms with E-state index in [1.165, 1.54) is 19.3 Å². The van der Waals surface area contributed by atoms with E-state index >= 15 is 0 Å². The summed E-state index contributed by atoms with van der Waals surface area (Å²) >= 11 is 0. The number of nitrogens with one attached hydrogen (secondary N) is 1. The molecule has 0 atom stereocenters. The zero-order valence-corrected chi connectivity index (χ0v) is 7.95. The van der Waals surface area contributed by atoms with Crippen molar-refractivity contribution < 1.29 is 0 Å². The Kier molecular flexibility index (Phi) is 4.18. The third kappa shape index (κ3) is 3.38. The molecule has 0 amide bonds. The normalized spacial score (nSPS) is 10.0. The highest BCUT2D eigenvalue weighted by atomic mass is 15.3. The molecule has 0 unspecified atom stereocenters. The van der Waals surface area contributed by atoms with Crippen LogP contribution >= 0.6 is 0 Å². The summed E-state index contributed by atoms with van der Waals surface area (Å²) in [5.74, 6) is 5.78. The van der Waals surface area contributed by atoms with Gasteiger partial charge in [-0.15, -0.1) is 5.10 Å². The second-order valence-electron chi connectivity index (χ2n) is 3.01. The Morgan fingerprint density at radius 2 is 2.15 bits per heavy atom. The minimum atomic E-state index is 0.610. The summed E-state index contributed by atoms with van der Waals surface area (Å²) < 4.78 is 0. The standard InChI is InChI=1S/C9H16N4/c1-2-3-4-5-8-6-7-9(11-10)13-12-8/h6-7H,2-5,10H2,1H3,(H,11,13). The van der Waals surface area contributed by atoms with Crippen LogP contribution in [0.1, 0.15) is 31.9 Å². The molecular formula is C9H16N4. The van der Waals surface area contributed by atoms with Crippen LogP contribution in [0.25, 0.3) is 0 Å². The second-order valence-corrected chi connectivity index (χ2v) is 3.01. The number of hydrazine groups is 1. The van der Waals surface area contributed by atoms with Crippen LogP contribution < -0.4 is 11.3 Å². The molecule has 0 aliphatic carbocycles. The summed E-state index contributed by atoms with van der Waals surface area (Å²) in [4.78, 5) is 0. The first kappa shape index (κ1) is 9.92. The summed E-state index contributed by atoms with van der Waals surface area (Å²) in [5, 5.41) is 7.92. The molecule has 3 N–H and O–H groups in total. The Balaban J connectivity index is 2.40. The number of unbranched alkanes of at least 4 members (excludes halogenated alkanes) is 2. The van der Waals surface area contributed by atoms with Crippen molar-refractivity contribution in [3.63, 3.8) is 0 Å². The highest BCUT2D eigenvalue weighted by Crippen LogP contribution is 2.04. The molecule has 72 valence electrons. The van der Waals surface area contributed by atoms with Crippen LogP contribution in [0.4, 0.5) is 5.82 Å². The number of aryl methyl sites for hydroxylation is 1. The number of hydrogen-bond acceptors (Lipinski definition) is 4. The van der Waals surface area contributed by atoms with Gasteiger partial charge in [0.15, 0.2) is 5.82 Å².